The van der Waals surface area contributed by atoms with Gasteiger partial charge in [0.15, 0.2) is 0 Å². The first-order valence-electron chi connectivity index (χ1n) is 7.78. The highest BCUT2D eigenvalue weighted by molar-refractivity contribution is 6.30. The smallest absolute Gasteiger partial charge is 0.243 e. The molecule has 0 atom stereocenters. The minimum absolute atomic E-state index is 0.133. The third kappa shape index (κ3) is 6.10. The molecule has 0 aromatic heterocycles. The minimum atomic E-state index is -0.171. The van der Waals surface area contributed by atoms with Crippen molar-refractivity contribution in [3.63, 3.8) is 0 Å². The van der Waals surface area contributed by atoms with E-state index in [-0.39, 0.29) is 12.5 Å². The van der Waals surface area contributed by atoms with Crippen molar-refractivity contribution in [3.8, 4) is 5.75 Å². The van der Waals surface area contributed by atoms with E-state index in [2.05, 4.69) is 10.6 Å². The van der Waals surface area contributed by atoms with Gasteiger partial charge in [-0.3, -0.25) is 4.79 Å². The highest BCUT2D eigenvalue weighted by Crippen LogP contribution is 2.23. The highest BCUT2D eigenvalue weighted by Gasteiger charge is 2.07. The summed E-state index contributed by atoms with van der Waals surface area (Å²) >= 11 is 5.91. The predicted molar refractivity (Wildman–Crippen MR) is 97.0 cm³/mol. The van der Waals surface area contributed by atoms with Crippen LogP contribution in [0, 0.1) is 0 Å². The van der Waals surface area contributed by atoms with Gasteiger partial charge in [0.05, 0.1) is 18.8 Å². The van der Waals surface area contributed by atoms with Gasteiger partial charge in [0.1, 0.15) is 12.4 Å². The second kappa shape index (κ2) is 9.80. The van der Waals surface area contributed by atoms with Crippen LogP contribution in [0.5, 0.6) is 5.75 Å². The highest BCUT2D eigenvalue weighted by atomic mass is 35.5. The first-order chi connectivity index (χ1) is 11.7. The molecule has 2 rings (SSSR count). The molecule has 1 amide bonds. The molecule has 2 aromatic rings. The number of para-hydroxylation sites is 2. The lowest BCUT2D eigenvalue weighted by atomic mass is 10.3. The van der Waals surface area contributed by atoms with E-state index in [9.17, 15) is 4.79 Å². The lowest BCUT2D eigenvalue weighted by Crippen LogP contribution is -2.22. The summed E-state index contributed by atoms with van der Waals surface area (Å²) in [5.41, 5.74) is 1.42. The van der Waals surface area contributed by atoms with Crippen LogP contribution in [0.15, 0.2) is 48.5 Å². The predicted octanol–water partition coefficient (Wildman–Crippen LogP) is 3.81. The molecular weight excluding hydrogens is 328 g/mol. The molecule has 2 aromatic carbocycles. The number of halogens is 1. The fourth-order valence-electron chi connectivity index (χ4n) is 2.03. The molecule has 5 nitrogen and oxygen atoms in total. The number of carbonyl (C=O) groups excluding carboxylic acids is 1. The van der Waals surface area contributed by atoms with Crippen LogP contribution in [0.2, 0.25) is 5.02 Å². The Morgan fingerprint density at radius 3 is 2.75 bits per heavy atom. The SMILES string of the molecule is CCOCCOc1ccccc1NC(=O)CNc1cccc(Cl)c1. The van der Waals surface area contributed by atoms with Gasteiger partial charge in [-0.25, -0.2) is 0 Å². The number of benzene rings is 2. The van der Waals surface area contributed by atoms with Crippen molar-refractivity contribution in [1.82, 2.24) is 0 Å². The van der Waals surface area contributed by atoms with Gasteiger partial charge in [0.25, 0.3) is 0 Å². The van der Waals surface area contributed by atoms with Crippen molar-refractivity contribution < 1.29 is 14.3 Å². The monoisotopic (exact) mass is 348 g/mol. The Morgan fingerprint density at radius 1 is 1.12 bits per heavy atom. The third-order valence-corrected chi connectivity index (χ3v) is 3.36. The lowest BCUT2D eigenvalue weighted by Gasteiger charge is -2.13. The summed E-state index contributed by atoms with van der Waals surface area (Å²) in [5.74, 6) is 0.448. The first kappa shape index (κ1) is 18.1. The van der Waals surface area contributed by atoms with E-state index in [0.29, 0.717) is 36.3 Å². The summed E-state index contributed by atoms with van der Waals surface area (Å²) in [6, 6.07) is 14.5. The van der Waals surface area contributed by atoms with Crippen LogP contribution in [0.25, 0.3) is 0 Å². The summed E-state index contributed by atoms with van der Waals surface area (Å²) < 4.78 is 10.9. The zero-order valence-corrected chi connectivity index (χ0v) is 14.3. The summed E-state index contributed by atoms with van der Waals surface area (Å²) in [7, 11) is 0. The third-order valence-electron chi connectivity index (χ3n) is 3.13. The van der Waals surface area contributed by atoms with Crippen molar-refractivity contribution in [2.45, 2.75) is 6.92 Å². The number of nitrogens with one attached hydrogen (secondary N) is 2. The largest absolute Gasteiger partial charge is 0.489 e. The number of anilines is 2. The fraction of sp³-hybridized carbons (Fsp3) is 0.278. The maximum atomic E-state index is 12.1. The van der Waals surface area contributed by atoms with Gasteiger partial charge < -0.3 is 20.1 Å². The first-order valence-corrected chi connectivity index (χ1v) is 8.15. The van der Waals surface area contributed by atoms with Gasteiger partial charge >= 0.3 is 0 Å². The summed E-state index contributed by atoms with van der Waals surface area (Å²) in [6.07, 6.45) is 0. The molecule has 0 aliphatic rings. The van der Waals surface area contributed by atoms with Gasteiger partial charge in [-0.2, -0.15) is 0 Å². The van der Waals surface area contributed by atoms with Crippen molar-refractivity contribution in [3.05, 3.63) is 53.6 Å². The number of rotatable bonds is 9. The average molecular weight is 349 g/mol. The number of hydrogen-bond donors (Lipinski definition) is 2. The van der Waals surface area contributed by atoms with Gasteiger partial charge in [-0.1, -0.05) is 29.8 Å². The molecule has 24 heavy (non-hydrogen) atoms. The van der Waals surface area contributed by atoms with Crippen LogP contribution in [0.3, 0.4) is 0 Å². The van der Waals surface area contributed by atoms with E-state index >= 15 is 0 Å². The van der Waals surface area contributed by atoms with Gasteiger partial charge in [-0.05, 0) is 37.3 Å². The summed E-state index contributed by atoms with van der Waals surface area (Å²) in [4.78, 5) is 12.1. The Labute approximate surface area is 146 Å². The molecular formula is C18H21ClN2O3. The number of hydrogen-bond acceptors (Lipinski definition) is 4. The molecule has 0 saturated carbocycles. The standard InChI is InChI=1S/C18H21ClN2O3/c1-2-23-10-11-24-17-9-4-3-8-16(17)21-18(22)13-20-15-7-5-6-14(19)12-15/h3-9,12,20H,2,10-11,13H2,1H3,(H,21,22). The Hall–Kier alpha value is -2.24. The maximum Gasteiger partial charge on any atom is 0.243 e. The Morgan fingerprint density at radius 2 is 1.96 bits per heavy atom. The van der Waals surface area contributed by atoms with Crippen LogP contribution in [0.4, 0.5) is 11.4 Å². The number of ether oxygens (including phenoxy) is 2. The molecule has 0 fully saturated rings. The van der Waals surface area contributed by atoms with Crippen LogP contribution in [-0.2, 0) is 9.53 Å². The van der Waals surface area contributed by atoms with Gasteiger partial charge in [0.2, 0.25) is 5.91 Å². The van der Waals surface area contributed by atoms with Gasteiger partial charge in [0, 0.05) is 17.3 Å². The van der Waals surface area contributed by atoms with Crippen LogP contribution in [0.1, 0.15) is 6.92 Å². The van der Waals surface area contributed by atoms with Gasteiger partial charge in [-0.15, -0.1) is 0 Å². The van der Waals surface area contributed by atoms with Crippen molar-refractivity contribution in [1.29, 1.82) is 0 Å². The Bertz CT molecular complexity index is 664. The molecule has 0 bridgehead atoms. The van der Waals surface area contributed by atoms with E-state index in [1.165, 1.54) is 0 Å². The quantitative estimate of drug-likeness (QED) is 0.677. The van der Waals surface area contributed by atoms with Crippen LogP contribution >= 0.6 is 11.6 Å². The van der Waals surface area contributed by atoms with E-state index in [4.69, 9.17) is 21.1 Å². The number of carbonyl (C=O) groups is 1. The van der Waals surface area contributed by atoms with Crippen molar-refractivity contribution in [2.24, 2.45) is 0 Å². The molecule has 0 saturated heterocycles. The van der Waals surface area contributed by atoms with E-state index < -0.39 is 0 Å². The fourth-order valence-corrected chi connectivity index (χ4v) is 2.22. The molecule has 0 aliphatic carbocycles. The van der Waals surface area contributed by atoms with Crippen molar-refractivity contribution in [2.75, 3.05) is 37.0 Å². The second-order valence-corrected chi connectivity index (χ2v) is 5.39. The molecule has 0 spiro atoms. The maximum absolute atomic E-state index is 12.1. The molecule has 0 radical (unpaired) electrons. The molecule has 128 valence electrons. The van der Waals surface area contributed by atoms with E-state index in [1.54, 1.807) is 18.2 Å². The minimum Gasteiger partial charge on any atom is -0.489 e. The van der Waals surface area contributed by atoms with E-state index in [0.717, 1.165) is 5.69 Å². The Balaban J connectivity index is 1.86. The van der Waals surface area contributed by atoms with Crippen molar-refractivity contribution >= 4 is 28.9 Å². The number of amides is 1. The lowest BCUT2D eigenvalue weighted by molar-refractivity contribution is -0.114. The average Bonchev–Trinajstić information content (AvgIpc) is 2.58. The zero-order valence-electron chi connectivity index (χ0n) is 13.5. The van der Waals surface area contributed by atoms with E-state index in [1.807, 2.05) is 37.3 Å². The molecule has 0 unspecified atom stereocenters. The second-order valence-electron chi connectivity index (χ2n) is 4.95. The summed E-state index contributed by atoms with van der Waals surface area (Å²) in [5, 5.41) is 6.48. The molecule has 6 heteroatoms. The Kier molecular flexibility index (Phi) is 7.39. The molecule has 0 aliphatic heterocycles. The topological polar surface area (TPSA) is 59.6 Å². The van der Waals surface area contributed by atoms with Crippen LogP contribution < -0.4 is 15.4 Å². The zero-order chi connectivity index (χ0) is 17.2. The molecule has 0 heterocycles. The molecule has 2 N–H and O–H groups in total. The normalized spacial score (nSPS) is 10.2. The summed E-state index contributed by atoms with van der Waals surface area (Å²) in [6.45, 7) is 3.65. The van der Waals surface area contributed by atoms with Crippen LogP contribution in [-0.4, -0.2) is 32.3 Å².